The number of amides is 1. The van der Waals surface area contributed by atoms with Gasteiger partial charge in [0, 0.05) is 24.5 Å². The number of ether oxygens (including phenoxy) is 1. The van der Waals surface area contributed by atoms with Gasteiger partial charge in [0.2, 0.25) is 5.91 Å². The van der Waals surface area contributed by atoms with Gasteiger partial charge in [-0.25, -0.2) is 0 Å². The number of carbonyl (C=O) groups is 1. The zero-order valence-corrected chi connectivity index (χ0v) is 14.4. The first-order valence-corrected chi connectivity index (χ1v) is 8.83. The fourth-order valence-electron chi connectivity index (χ4n) is 3.44. The van der Waals surface area contributed by atoms with Crippen molar-refractivity contribution in [3.05, 3.63) is 84.2 Å². The van der Waals surface area contributed by atoms with Crippen LogP contribution in [0.2, 0.25) is 0 Å². The SMILES string of the molecule is O=C(CC1CCc2ccccc21)Nc1ccc(Oc2ccncc2)cc1. The zero-order chi connectivity index (χ0) is 17.8. The van der Waals surface area contributed by atoms with E-state index >= 15 is 0 Å². The summed E-state index contributed by atoms with van der Waals surface area (Å²) in [6.45, 7) is 0. The fraction of sp³-hybridized carbons (Fsp3) is 0.182. The molecule has 0 radical (unpaired) electrons. The Morgan fingerprint density at radius 1 is 1.00 bits per heavy atom. The Balaban J connectivity index is 1.35. The average Bonchev–Trinajstić information content (AvgIpc) is 3.07. The van der Waals surface area contributed by atoms with Gasteiger partial charge >= 0.3 is 0 Å². The standard InChI is InChI=1S/C22H20N2O2/c25-22(15-17-6-5-16-3-1-2-4-21(16)17)24-18-7-9-19(10-8-18)26-20-11-13-23-14-12-20/h1-4,7-14,17H,5-6,15H2,(H,24,25). The summed E-state index contributed by atoms with van der Waals surface area (Å²) in [6.07, 6.45) is 6.00. The van der Waals surface area contributed by atoms with Crippen LogP contribution in [0.5, 0.6) is 11.5 Å². The minimum absolute atomic E-state index is 0.0505. The van der Waals surface area contributed by atoms with Crippen LogP contribution < -0.4 is 10.1 Å². The molecule has 0 fully saturated rings. The van der Waals surface area contributed by atoms with E-state index in [1.165, 1.54) is 11.1 Å². The van der Waals surface area contributed by atoms with Gasteiger partial charge < -0.3 is 10.1 Å². The number of rotatable bonds is 5. The summed E-state index contributed by atoms with van der Waals surface area (Å²) in [7, 11) is 0. The highest BCUT2D eigenvalue weighted by molar-refractivity contribution is 5.91. The number of hydrogen-bond donors (Lipinski definition) is 1. The van der Waals surface area contributed by atoms with Crippen molar-refractivity contribution in [1.82, 2.24) is 4.98 Å². The summed E-state index contributed by atoms with van der Waals surface area (Å²) in [4.78, 5) is 16.4. The lowest BCUT2D eigenvalue weighted by molar-refractivity contribution is -0.116. The van der Waals surface area contributed by atoms with Crippen LogP contribution in [0, 0.1) is 0 Å². The number of pyridine rings is 1. The quantitative estimate of drug-likeness (QED) is 0.714. The maximum absolute atomic E-state index is 12.4. The van der Waals surface area contributed by atoms with E-state index in [1.807, 2.05) is 24.3 Å². The summed E-state index contributed by atoms with van der Waals surface area (Å²) in [6, 6.07) is 19.4. The molecule has 0 aliphatic heterocycles. The molecule has 4 nitrogen and oxygen atoms in total. The minimum atomic E-state index is 0.0505. The summed E-state index contributed by atoms with van der Waals surface area (Å²) in [5.74, 6) is 1.82. The van der Waals surface area contributed by atoms with E-state index in [2.05, 4.69) is 34.6 Å². The van der Waals surface area contributed by atoms with Gasteiger partial charge in [-0.2, -0.15) is 0 Å². The lowest BCUT2D eigenvalue weighted by atomic mass is 9.97. The van der Waals surface area contributed by atoms with Crippen LogP contribution >= 0.6 is 0 Å². The van der Waals surface area contributed by atoms with E-state index in [0.717, 1.165) is 30.0 Å². The lowest BCUT2D eigenvalue weighted by Gasteiger charge is -2.12. The topological polar surface area (TPSA) is 51.2 Å². The van der Waals surface area contributed by atoms with Crippen LogP contribution in [0.4, 0.5) is 5.69 Å². The monoisotopic (exact) mass is 344 g/mol. The van der Waals surface area contributed by atoms with Crippen molar-refractivity contribution in [3.63, 3.8) is 0 Å². The molecule has 0 spiro atoms. The normalized spacial score (nSPS) is 15.3. The van der Waals surface area contributed by atoms with E-state index in [-0.39, 0.29) is 5.91 Å². The third-order valence-corrected chi connectivity index (χ3v) is 4.71. The van der Waals surface area contributed by atoms with Gasteiger partial charge in [-0.3, -0.25) is 9.78 Å². The predicted molar refractivity (Wildman–Crippen MR) is 102 cm³/mol. The van der Waals surface area contributed by atoms with Gasteiger partial charge in [0.15, 0.2) is 0 Å². The molecule has 26 heavy (non-hydrogen) atoms. The van der Waals surface area contributed by atoms with Gasteiger partial charge in [-0.15, -0.1) is 0 Å². The van der Waals surface area contributed by atoms with E-state index < -0.39 is 0 Å². The number of hydrogen-bond acceptors (Lipinski definition) is 3. The zero-order valence-electron chi connectivity index (χ0n) is 14.4. The van der Waals surface area contributed by atoms with Crippen molar-refractivity contribution in [3.8, 4) is 11.5 Å². The van der Waals surface area contributed by atoms with Gasteiger partial charge in [-0.05, 0) is 66.3 Å². The Labute approximate surface area is 152 Å². The highest BCUT2D eigenvalue weighted by atomic mass is 16.5. The maximum Gasteiger partial charge on any atom is 0.224 e. The molecule has 4 heteroatoms. The summed E-state index contributed by atoms with van der Waals surface area (Å²) in [5.41, 5.74) is 3.48. The Hall–Kier alpha value is -3.14. The van der Waals surface area contributed by atoms with Crippen LogP contribution in [0.15, 0.2) is 73.1 Å². The van der Waals surface area contributed by atoms with E-state index in [0.29, 0.717) is 12.3 Å². The van der Waals surface area contributed by atoms with Gasteiger partial charge in [-0.1, -0.05) is 24.3 Å². The minimum Gasteiger partial charge on any atom is -0.457 e. The first-order valence-electron chi connectivity index (χ1n) is 8.83. The summed E-state index contributed by atoms with van der Waals surface area (Å²) >= 11 is 0. The molecule has 130 valence electrons. The fourth-order valence-corrected chi connectivity index (χ4v) is 3.44. The van der Waals surface area contributed by atoms with Crippen molar-refractivity contribution in [1.29, 1.82) is 0 Å². The van der Waals surface area contributed by atoms with E-state index in [9.17, 15) is 4.79 Å². The number of fused-ring (bicyclic) bond motifs is 1. The van der Waals surface area contributed by atoms with Crippen molar-refractivity contribution >= 4 is 11.6 Å². The number of aryl methyl sites for hydroxylation is 1. The van der Waals surface area contributed by atoms with Crippen molar-refractivity contribution in [2.75, 3.05) is 5.32 Å². The Bertz CT molecular complexity index is 892. The molecule has 4 rings (SSSR count). The van der Waals surface area contributed by atoms with Crippen LogP contribution in [0.3, 0.4) is 0 Å². The number of benzene rings is 2. The van der Waals surface area contributed by atoms with Gasteiger partial charge in [0.1, 0.15) is 11.5 Å². The summed E-state index contributed by atoms with van der Waals surface area (Å²) in [5, 5.41) is 2.99. The molecule has 1 aromatic heterocycles. The number of anilines is 1. The molecular weight excluding hydrogens is 324 g/mol. The molecule has 3 aromatic rings. The molecule has 0 saturated heterocycles. The lowest BCUT2D eigenvalue weighted by Crippen LogP contribution is -2.14. The molecule has 1 unspecified atom stereocenters. The Kier molecular flexibility index (Phi) is 4.65. The number of nitrogens with one attached hydrogen (secondary N) is 1. The van der Waals surface area contributed by atoms with Crippen LogP contribution in [0.1, 0.15) is 29.9 Å². The van der Waals surface area contributed by atoms with Crippen LogP contribution in [-0.2, 0) is 11.2 Å². The second kappa shape index (κ2) is 7.40. The van der Waals surface area contributed by atoms with Gasteiger partial charge in [0.25, 0.3) is 0 Å². The highest BCUT2D eigenvalue weighted by Crippen LogP contribution is 2.35. The predicted octanol–water partition coefficient (Wildman–Crippen LogP) is 4.93. The maximum atomic E-state index is 12.4. The third-order valence-electron chi connectivity index (χ3n) is 4.71. The van der Waals surface area contributed by atoms with Crippen molar-refractivity contribution in [2.45, 2.75) is 25.2 Å². The number of aromatic nitrogens is 1. The Morgan fingerprint density at radius 2 is 1.73 bits per heavy atom. The van der Waals surface area contributed by atoms with Crippen LogP contribution in [0.25, 0.3) is 0 Å². The third kappa shape index (κ3) is 3.75. The smallest absolute Gasteiger partial charge is 0.224 e. The summed E-state index contributed by atoms with van der Waals surface area (Å²) < 4.78 is 5.73. The molecule has 1 heterocycles. The van der Waals surface area contributed by atoms with Crippen LogP contribution in [-0.4, -0.2) is 10.9 Å². The molecule has 1 N–H and O–H groups in total. The second-order valence-corrected chi connectivity index (χ2v) is 6.50. The average molecular weight is 344 g/mol. The second-order valence-electron chi connectivity index (χ2n) is 6.50. The largest absolute Gasteiger partial charge is 0.457 e. The van der Waals surface area contributed by atoms with E-state index in [1.54, 1.807) is 24.5 Å². The number of carbonyl (C=O) groups excluding carboxylic acids is 1. The highest BCUT2D eigenvalue weighted by Gasteiger charge is 2.24. The molecule has 0 saturated carbocycles. The Morgan fingerprint density at radius 3 is 2.54 bits per heavy atom. The molecule has 1 atom stereocenters. The molecule has 0 bridgehead atoms. The number of nitrogens with zero attached hydrogens (tertiary/aromatic N) is 1. The molecule has 1 amide bonds. The first kappa shape index (κ1) is 16.3. The van der Waals surface area contributed by atoms with Crippen molar-refractivity contribution < 1.29 is 9.53 Å². The van der Waals surface area contributed by atoms with E-state index in [4.69, 9.17) is 4.74 Å². The van der Waals surface area contributed by atoms with Crippen molar-refractivity contribution in [2.24, 2.45) is 0 Å². The molecule has 2 aromatic carbocycles. The molecular formula is C22H20N2O2. The molecule has 1 aliphatic rings. The molecule has 1 aliphatic carbocycles. The van der Waals surface area contributed by atoms with Gasteiger partial charge in [0.05, 0.1) is 0 Å². The first-order chi connectivity index (χ1) is 12.8.